The lowest BCUT2D eigenvalue weighted by atomic mass is 9.63. The molecule has 2 heterocycles. The number of fused-ring (bicyclic) bond motifs is 2. The van der Waals surface area contributed by atoms with E-state index in [0.29, 0.717) is 29.2 Å². The number of aromatic carboxylic acids is 1. The van der Waals surface area contributed by atoms with Crippen molar-refractivity contribution in [2.24, 2.45) is 5.41 Å². The molecule has 2 aliphatic rings. The molecule has 0 aromatic heterocycles. The number of anilines is 2. The lowest BCUT2D eigenvalue weighted by molar-refractivity contribution is -0.118. The van der Waals surface area contributed by atoms with E-state index in [-0.39, 0.29) is 27.8 Å². The molecule has 216 valence electrons. The normalized spacial score (nSPS) is 23.2. The minimum Gasteiger partial charge on any atom is -0.495 e. The molecule has 4 N–H and O–H groups in total. The molecule has 3 aromatic rings. The van der Waals surface area contributed by atoms with Crippen LogP contribution in [-0.2, 0) is 10.2 Å². The smallest absolute Gasteiger partial charge is 0.335 e. The Hall–Kier alpha value is -3.33. The summed E-state index contributed by atoms with van der Waals surface area (Å²) in [6.45, 7) is 6.84. The van der Waals surface area contributed by atoms with Crippen LogP contribution in [0, 0.1) is 11.2 Å². The number of carboxylic acids is 1. The van der Waals surface area contributed by atoms with Crippen molar-refractivity contribution in [1.82, 2.24) is 5.32 Å². The first-order valence-electron chi connectivity index (χ1n) is 13.3. The number of methoxy groups -OCH3 is 1. The summed E-state index contributed by atoms with van der Waals surface area (Å²) >= 11 is 12.6. The van der Waals surface area contributed by atoms with Crippen LogP contribution in [0.1, 0.15) is 54.6 Å². The van der Waals surface area contributed by atoms with Gasteiger partial charge in [-0.15, -0.1) is 0 Å². The number of ether oxygens (including phenoxy) is 1. The van der Waals surface area contributed by atoms with Gasteiger partial charge >= 0.3 is 5.97 Å². The fourth-order valence-electron chi connectivity index (χ4n) is 6.41. The molecule has 4 atom stereocenters. The molecule has 0 bridgehead atoms. The Kier molecular flexibility index (Phi) is 7.70. The third-order valence-corrected chi connectivity index (χ3v) is 8.59. The molecule has 10 heteroatoms. The molecule has 1 fully saturated rings. The molecular weight excluding hydrogens is 568 g/mol. The van der Waals surface area contributed by atoms with Gasteiger partial charge in [0, 0.05) is 34.6 Å². The summed E-state index contributed by atoms with van der Waals surface area (Å²) in [5, 5.41) is 19.9. The minimum atomic E-state index is -1.12. The zero-order valence-electron chi connectivity index (χ0n) is 23.1. The van der Waals surface area contributed by atoms with Gasteiger partial charge in [-0.3, -0.25) is 4.79 Å². The molecule has 0 radical (unpaired) electrons. The number of hydrogen-bond donors (Lipinski definition) is 4. The highest BCUT2D eigenvalue weighted by Crippen LogP contribution is 2.56. The van der Waals surface area contributed by atoms with E-state index < -0.39 is 35.1 Å². The predicted octanol–water partition coefficient (Wildman–Crippen LogP) is 6.70. The van der Waals surface area contributed by atoms with Gasteiger partial charge in [0.25, 0.3) is 0 Å². The number of rotatable bonds is 6. The predicted molar refractivity (Wildman–Crippen MR) is 159 cm³/mol. The van der Waals surface area contributed by atoms with Crippen LogP contribution in [-0.4, -0.2) is 42.7 Å². The quantitative estimate of drug-likeness (QED) is 0.251. The molecule has 1 saturated heterocycles. The number of hydrogen-bond acceptors (Lipinski definition) is 5. The number of nitrogens with one attached hydrogen (secondary N) is 3. The van der Waals surface area contributed by atoms with E-state index in [4.69, 9.17) is 27.9 Å². The molecule has 1 spiro atoms. The number of amides is 1. The number of halogens is 3. The van der Waals surface area contributed by atoms with Crippen molar-refractivity contribution in [2.75, 3.05) is 24.3 Å². The van der Waals surface area contributed by atoms with Crippen molar-refractivity contribution in [3.63, 3.8) is 0 Å². The molecule has 2 aliphatic heterocycles. The van der Waals surface area contributed by atoms with E-state index in [1.54, 1.807) is 12.1 Å². The van der Waals surface area contributed by atoms with Gasteiger partial charge in [-0.25, -0.2) is 9.18 Å². The summed E-state index contributed by atoms with van der Waals surface area (Å²) in [6, 6.07) is 13.6. The largest absolute Gasteiger partial charge is 0.495 e. The van der Waals surface area contributed by atoms with Gasteiger partial charge in [0.15, 0.2) is 0 Å². The van der Waals surface area contributed by atoms with Crippen LogP contribution >= 0.6 is 23.2 Å². The monoisotopic (exact) mass is 599 g/mol. The average Bonchev–Trinajstić information content (AvgIpc) is 3.43. The van der Waals surface area contributed by atoms with Crippen molar-refractivity contribution < 1.29 is 23.8 Å². The Bertz CT molecular complexity index is 1530. The molecule has 7 nitrogen and oxygen atoms in total. The lowest BCUT2D eigenvalue weighted by Crippen LogP contribution is -2.46. The Morgan fingerprint density at radius 1 is 1.15 bits per heavy atom. The third-order valence-electron chi connectivity index (χ3n) is 8.07. The maximum absolute atomic E-state index is 15.9. The molecule has 0 saturated carbocycles. The van der Waals surface area contributed by atoms with Crippen LogP contribution in [0.4, 0.5) is 15.8 Å². The first-order valence-corrected chi connectivity index (χ1v) is 14.1. The number of carbonyl (C=O) groups excluding carboxylic acids is 1. The summed E-state index contributed by atoms with van der Waals surface area (Å²) in [6.07, 6.45) is 0.690. The van der Waals surface area contributed by atoms with Crippen LogP contribution in [0.15, 0.2) is 54.6 Å². The van der Waals surface area contributed by atoms with Crippen LogP contribution in [0.25, 0.3) is 0 Å². The lowest BCUT2D eigenvalue weighted by Gasteiger charge is -2.39. The summed E-state index contributed by atoms with van der Waals surface area (Å²) in [5.74, 6) is -2.55. The van der Waals surface area contributed by atoms with Gasteiger partial charge in [0.1, 0.15) is 11.6 Å². The zero-order valence-corrected chi connectivity index (χ0v) is 24.7. The highest BCUT2D eigenvalue weighted by atomic mass is 35.5. The first kappa shape index (κ1) is 29.2. The molecule has 0 aliphatic carbocycles. The van der Waals surface area contributed by atoms with Gasteiger partial charge < -0.3 is 25.8 Å². The van der Waals surface area contributed by atoms with E-state index in [1.807, 2.05) is 18.2 Å². The van der Waals surface area contributed by atoms with Crippen molar-refractivity contribution in [3.8, 4) is 5.75 Å². The topological polar surface area (TPSA) is 99.7 Å². The van der Waals surface area contributed by atoms with Crippen LogP contribution in [0.3, 0.4) is 0 Å². The maximum Gasteiger partial charge on any atom is 0.335 e. The Morgan fingerprint density at radius 2 is 1.90 bits per heavy atom. The third kappa shape index (κ3) is 5.25. The van der Waals surface area contributed by atoms with Crippen molar-refractivity contribution in [2.45, 2.75) is 50.6 Å². The molecule has 1 amide bonds. The van der Waals surface area contributed by atoms with E-state index in [2.05, 4.69) is 36.7 Å². The number of carbonyl (C=O) groups is 2. The van der Waals surface area contributed by atoms with E-state index >= 15 is 4.39 Å². The van der Waals surface area contributed by atoms with Crippen LogP contribution in [0.5, 0.6) is 5.75 Å². The molecule has 3 aromatic carbocycles. The SMILES string of the molecule is COc1cc(C(=O)O)ccc1NC(=O)[C@@H]1N[C@@H](CC(C)(C)C)[C@@]2(CNc3cc(Cl)ccc32)[C@H]1c1cccc(Cl)c1F. The second kappa shape index (κ2) is 10.8. The number of carboxylic acid groups (broad SMARTS) is 1. The second-order valence-corrected chi connectivity index (χ2v) is 12.7. The van der Waals surface area contributed by atoms with Crippen molar-refractivity contribution >= 4 is 46.5 Å². The zero-order chi connectivity index (χ0) is 29.7. The molecule has 0 unspecified atom stereocenters. The highest BCUT2D eigenvalue weighted by Gasteiger charge is 2.61. The van der Waals surface area contributed by atoms with E-state index in [0.717, 1.165) is 11.3 Å². The van der Waals surface area contributed by atoms with E-state index in [1.165, 1.54) is 31.4 Å². The van der Waals surface area contributed by atoms with Crippen LogP contribution < -0.4 is 20.7 Å². The van der Waals surface area contributed by atoms with Crippen LogP contribution in [0.2, 0.25) is 10.0 Å². The van der Waals surface area contributed by atoms with Crippen molar-refractivity contribution in [1.29, 1.82) is 0 Å². The molecule has 41 heavy (non-hydrogen) atoms. The van der Waals surface area contributed by atoms with Gasteiger partial charge in [-0.2, -0.15) is 0 Å². The van der Waals surface area contributed by atoms with E-state index in [9.17, 15) is 14.7 Å². The summed E-state index contributed by atoms with van der Waals surface area (Å²) in [5.41, 5.74) is 1.61. The van der Waals surface area contributed by atoms with Gasteiger partial charge in [-0.1, -0.05) is 62.2 Å². The Labute approximate surface area is 248 Å². The molecule has 5 rings (SSSR count). The second-order valence-electron chi connectivity index (χ2n) is 11.9. The molecular formula is C31H32Cl2FN3O4. The fourth-order valence-corrected chi connectivity index (χ4v) is 6.76. The van der Waals surface area contributed by atoms with Gasteiger partial charge in [0.2, 0.25) is 5.91 Å². The van der Waals surface area contributed by atoms with Gasteiger partial charge in [0.05, 0.1) is 29.4 Å². The fraction of sp³-hybridized carbons (Fsp3) is 0.355. The first-order chi connectivity index (χ1) is 19.4. The maximum atomic E-state index is 15.9. The number of benzene rings is 3. The summed E-state index contributed by atoms with van der Waals surface area (Å²) in [4.78, 5) is 25.6. The van der Waals surface area contributed by atoms with Crippen molar-refractivity contribution in [3.05, 3.63) is 87.2 Å². The standard InChI is InChI=1S/C31H32Cl2FN3O4/c1-30(2,3)14-24-31(15-35-22-13-17(32)9-10-19(22)31)25(18-6-5-7-20(33)26(18)34)27(37-24)28(38)36-21-11-8-16(29(39)40)12-23(21)41-4/h5-13,24-25,27,35,37H,14-15H2,1-4H3,(H,36,38)(H,39,40)/t24-,25-,27+,31-/m0/s1. The summed E-state index contributed by atoms with van der Waals surface area (Å²) in [7, 11) is 1.40. The summed E-state index contributed by atoms with van der Waals surface area (Å²) < 4.78 is 21.3. The van der Waals surface area contributed by atoms with Gasteiger partial charge in [-0.05, 0) is 59.4 Å². The average molecular weight is 601 g/mol. The highest BCUT2D eigenvalue weighted by molar-refractivity contribution is 6.31. The minimum absolute atomic E-state index is 0.0224. The Morgan fingerprint density at radius 3 is 2.59 bits per heavy atom. The Balaban J connectivity index is 1.66.